The number of hydrogen-bond donors (Lipinski definition) is 1. The van der Waals surface area contributed by atoms with Crippen molar-refractivity contribution in [3.63, 3.8) is 0 Å². The molecule has 0 radical (unpaired) electrons. The number of nitrogens with zero attached hydrogens (tertiary/aromatic N) is 1. The highest BCUT2D eigenvalue weighted by molar-refractivity contribution is 9.10. The van der Waals surface area contributed by atoms with E-state index in [9.17, 15) is 0 Å². The van der Waals surface area contributed by atoms with E-state index in [0.29, 0.717) is 0 Å². The molecule has 0 aliphatic rings. The summed E-state index contributed by atoms with van der Waals surface area (Å²) in [6.45, 7) is 0. The summed E-state index contributed by atoms with van der Waals surface area (Å²) in [5.41, 5.74) is 2.27. The molecule has 1 aromatic carbocycles. The minimum Gasteiger partial charge on any atom is -0.497 e. The standard InChI is InChI=1S/C13H15BrN2O2/c1-17-10-5-9(6-11(7-10)18-2)3-4-12-13(14)16-8-15-12/h5-8H,3-4H2,1-2H3,(H,15,16). The molecule has 0 aliphatic heterocycles. The molecule has 0 aliphatic carbocycles. The van der Waals surface area contributed by atoms with E-state index in [1.807, 2.05) is 18.2 Å². The number of aromatic amines is 1. The van der Waals surface area contributed by atoms with Gasteiger partial charge in [-0.3, -0.25) is 0 Å². The Morgan fingerprint density at radius 3 is 2.28 bits per heavy atom. The number of nitrogens with one attached hydrogen (secondary N) is 1. The fraction of sp³-hybridized carbons (Fsp3) is 0.308. The van der Waals surface area contributed by atoms with Gasteiger partial charge in [0.1, 0.15) is 16.1 Å². The molecule has 2 rings (SSSR count). The Morgan fingerprint density at radius 2 is 1.78 bits per heavy atom. The highest BCUT2D eigenvalue weighted by Gasteiger charge is 2.05. The van der Waals surface area contributed by atoms with Crippen LogP contribution in [0.5, 0.6) is 11.5 Å². The Hall–Kier alpha value is -1.49. The van der Waals surface area contributed by atoms with Crippen LogP contribution in [0.25, 0.3) is 0 Å². The molecule has 0 atom stereocenters. The van der Waals surface area contributed by atoms with Crippen molar-refractivity contribution in [1.29, 1.82) is 0 Å². The van der Waals surface area contributed by atoms with Gasteiger partial charge in [0.2, 0.25) is 0 Å². The van der Waals surface area contributed by atoms with Gasteiger partial charge in [-0.2, -0.15) is 0 Å². The van der Waals surface area contributed by atoms with Crippen LogP contribution in [0.1, 0.15) is 11.3 Å². The highest BCUT2D eigenvalue weighted by atomic mass is 79.9. The first-order valence-electron chi connectivity index (χ1n) is 5.62. The van der Waals surface area contributed by atoms with Crippen LogP contribution in [0.2, 0.25) is 0 Å². The van der Waals surface area contributed by atoms with Crippen molar-refractivity contribution in [1.82, 2.24) is 9.97 Å². The van der Waals surface area contributed by atoms with Crippen LogP contribution < -0.4 is 9.47 Å². The van der Waals surface area contributed by atoms with Gasteiger partial charge < -0.3 is 14.5 Å². The van der Waals surface area contributed by atoms with E-state index in [2.05, 4.69) is 25.9 Å². The number of aryl methyl sites for hydroxylation is 2. The summed E-state index contributed by atoms with van der Waals surface area (Å²) < 4.78 is 11.4. The van der Waals surface area contributed by atoms with Gasteiger partial charge in [0, 0.05) is 11.8 Å². The van der Waals surface area contributed by atoms with Crippen LogP contribution in [-0.4, -0.2) is 24.2 Å². The maximum atomic E-state index is 5.25. The quantitative estimate of drug-likeness (QED) is 0.923. The SMILES string of the molecule is COc1cc(CCc2[nH]cnc2Br)cc(OC)c1. The maximum absolute atomic E-state index is 5.25. The third-order valence-electron chi connectivity index (χ3n) is 2.74. The normalized spacial score (nSPS) is 10.4. The summed E-state index contributed by atoms with van der Waals surface area (Å²) in [6.07, 6.45) is 3.47. The smallest absolute Gasteiger partial charge is 0.127 e. The van der Waals surface area contributed by atoms with Gasteiger partial charge in [-0.15, -0.1) is 0 Å². The van der Waals surface area contributed by atoms with Crippen LogP contribution in [0.4, 0.5) is 0 Å². The Bertz CT molecular complexity index is 503. The Labute approximate surface area is 114 Å². The topological polar surface area (TPSA) is 47.1 Å². The van der Waals surface area contributed by atoms with Crippen LogP contribution in [0.15, 0.2) is 29.1 Å². The van der Waals surface area contributed by atoms with E-state index >= 15 is 0 Å². The van der Waals surface area contributed by atoms with Gasteiger partial charge in [0.15, 0.2) is 0 Å². The molecule has 4 nitrogen and oxygen atoms in total. The molecule has 1 heterocycles. The zero-order valence-corrected chi connectivity index (χ0v) is 12.0. The fourth-order valence-electron chi connectivity index (χ4n) is 1.76. The van der Waals surface area contributed by atoms with Crippen molar-refractivity contribution in [2.45, 2.75) is 12.8 Å². The van der Waals surface area contributed by atoms with Crippen LogP contribution in [-0.2, 0) is 12.8 Å². The van der Waals surface area contributed by atoms with Crippen LogP contribution >= 0.6 is 15.9 Å². The number of aromatic nitrogens is 2. The molecule has 0 saturated carbocycles. The molecule has 1 aromatic heterocycles. The molecule has 0 bridgehead atoms. The molecule has 0 fully saturated rings. The van der Waals surface area contributed by atoms with Crippen LogP contribution in [0, 0.1) is 0 Å². The maximum Gasteiger partial charge on any atom is 0.127 e. The predicted octanol–water partition coefficient (Wildman–Crippen LogP) is 2.97. The minimum absolute atomic E-state index is 0.813. The lowest BCUT2D eigenvalue weighted by Crippen LogP contribution is -1.95. The van der Waals surface area contributed by atoms with Crippen molar-refractivity contribution in [3.8, 4) is 11.5 Å². The van der Waals surface area contributed by atoms with Crippen molar-refractivity contribution in [3.05, 3.63) is 40.4 Å². The predicted molar refractivity (Wildman–Crippen MR) is 73.2 cm³/mol. The number of ether oxygens (including phenoxy) is 2. The van der Waals surface area contributed by atoms with E-state index in [0.717, 1.165) is 34.6 Å². The molecule has 5 heteroatoms. The largest absolute Gasteiger partial charge is 0.497 e. The summed E-state index contributed by atoms with van der Waals surface area (Å²) in [6, 6.07) is 5.91. The van der Waals surface area contributed by atoms with Gasteiger partial charge >= 0.3 is 0 Å². The lowest BCUT2D eigenvalue weighted by atomic mass is 10.1. The lowest BCUT2D eigenvalue weighted by molar-refractivity contribution is 0.393. The minimum atomic E-state index is 0.813. The molecular weight excluding hydrogens is 296 g/mol. The number of halogens is 1. The summed E-state index contributed by atoms with van der Waals surface area (Å²) >= 11 is 3.40. The molecule has 18 heavy (non-hydrogen) atoms. The van der Waals surface area contributed by atoms with Crippen molar-refractivity contribution in [2.75, 3.05) is 14.2 Å². The third kappa shape index (κ3) is 3.04. The monoisotopic (exact) mass is 310 g/mol. The van der Waals surface area contributed by atoms with Gasteiger partial charge in [-0.1, -0.05) is 0 Å². The Kier molecular flexibility index (Phi) is 4.25. The number of benzene rings is 1. The van der Waals surface area contributed by atoms with Crippen molar-refractivity contribution < 1.29 is 9.47 Å². The summed E-state index contributed by atoms with van der Waals surface area (Å²) in [7, 11) is 3.31. The molecule has 0 spiro atoms. The number of hydrogen-bond acceptors (Lipinski definition) is 3. The Morgan fingerprint density at radius 1 is 1.11 bits per heavy atom. The van der Waals surface area contributed by atoms with Gasteiger partial charge in [0.25, 0.3) is 0 Å². The number of rotatable bonds is 5. The lowest BCUT2D eigenvalue weighted by Gasteiger charge is -2.08. The molecule has 2 aromatic rings. The molecule has 0 amide bonds. The number of methoxy groups -OCH3 is 2. The number of imidazole rings is 1. The molecular formula is C13H15BrN2O2. The van der Waals surface area contributed by atoms with E-state index < -0.39 is 0 Å². The second kappa shape index (κ2) is 5.91. The second-order valence-electron chi connectivity index (χ2n) is 3.89. The summed E-state index contributed by atoms with van der Waals surface area (Å²) in [5.74, 6) is 1.63. The van der Waals surface area contributed by atoms with Crippen molar-refractivity contribution >= 4 is 15.9 Å². The molecule has 0 unspecified atom stereocenters. The van der Waals surface area contributed by atoms with E-state index in [-0.39, 0.29) is 0 Å². The third-order valence-corrected chi connectivity index (χ3v) is 3.42. The fourth-order valence-corrected chi connectivity index (χ4v) is 2.17. The zero-order valence-electron chi connectivity index (χ0n) is 10.4. The van der Waals surface area contributed by atoms with E-state index in [1.54, 1.807) is 20.5 Å². The Balaban J connectivity index is 2.11. The van der Waals surface area contributed by atoms with E-state index in [1.165, 1.54) is 5.56 Å². The number of H-pyrrole nitrogens is 1. The first kappa shape index (κ1) is 13.0. The first-order chi connectivity index (χ1) is 8.72. The summed E-state index contributed by atoms with van der Waals surface area (Å²) in [5, 5.41) is 0. The highest BCUT2D eigenvalue weighted by Crippen LogP contribution is 2.24. The zero-order chi connectivity index (χ0) is 13.0. The van der Waals surface area contributed by atoms with Crippen molar-refractivity contribution in [2.24, 2.45) is 0 Å². The average molecular weight is 311 g/mol. The van der Waals surface area contributed by atoms with Gasteiger partial charge in [-0.25, -0.2) is 4.98 Å². The summed E-state index contributed by atoms with van der Waals surface area (Å²) in [4.78, 5) is 7.22. The first-order valence-corrected chi connectivity index (χ1v) is 6.42. The van der Waals surface area contributed by atoms with Gasteiger partial charge in [0.05, 0.1) is 20.5 Å². The van der Waals surface area contributed by atoms with Gasteiger partial charge in [-0.05, 0) is 46.5 Å². The van der Waals surface area contributed by atoms with E-state index in [4.69, 9.17) is 9.47 Å². The molecule has 1 N–H and O–H groups in total. The van der Waals surface area contributed by atoms with Crippen LogP contribution in [0.3, 0.4) is 0 Å². The average Bonchev–Trinajstić information content (AvgIpc) is 2.81. The molecule has 0 saturated heterocycles. The second-order valence-corrected chi connectivity index (χ2v) is 4.64. The molecule has 96 valence electrons.